The van der Waals surface area contributed by atoms with Crippen LogP contribution in [-0.4, -0.2) is 5.78 Å². The quantitative estimate of drug-likeness (QED) is 0.438. The molecule has 1 nitrogen and oxygen atoms in total. The van der Waals surface area contributed by atoms with Gasteiger partial charge < -0.3 is 0 Å². The van der Waals surface area contributed by atoms with Crippen LogP contribution in [0, 0.1) is 11.8 Å². The first-order valence-electron chi connectivity index (χ1n) is 11.5. The van der Waals surface area contributed by atoms with E-state index in [0.717, 1.165) is 25.2 Å². The van der Waals surface area contributed by atoms with Crippen molar-refractivity contribution in [2.45, 2.75) is 96.8 Å². The van der Waals surface area contributed by atoms with E-state index < -0.39 is 0 Å². The highest BCUT2D eigenvalue weighted by Gasteiger charge is 2.29. The number of ketones is 1. The number of carbonyl (C=O) groups is 1. The zero-order valence-corrected chi connectivity index (χ0v) is 17.5. The van der Waals surface area contributed by atoms with Crippen LogP contribution in [0.1, 0.15) is 102 Å². The van der Waals surface area contributed by atoms with E-state index >= 15 is 0 Å². The molecule has 0 radical (unpaired) electrons. The van der Waals surface area contributed by atoms with Gasteiger partial charge in [0.25, 0.3) is 0 Å². The van der Waals surface area contributed by atoms with Crippen molar-refractivity contribution in [1.82, 2.24) is 0 Å². The fraction of sp³-hybridized carbons (Fsp3) is 0.654. The van der Waals surface area contributed by atoms with Gasteiger partial charge in [-0.2, -0.15) is 0 Å². The third-order valence-corrected chi connectivity index (χ3v) is 6.90. The lowest BCUT2D eigenvalue weighted by molar-refractivity contribution is -0.116. The number of aryl methyl sites for hydroxylation is 1. The van der Waals surface area contributed by atoms with Crippen LogP contribution in [0.4, 0.5) is 0 Å². The summed E-state index contributed by atoms with van der Waals surface area (Å²) in [6.07, 6.45) is 17.4. The maximum atomic E-state index is 12.8. The number of hydrogen-bond donors (Lipinski definition) is 0. The molecular formula is C26H38O. The fourth-order valence-corrected chi connectivity index (χ4v) is 5.17. The summed E-state index contributed by atoms with van der Waals surface area (Å²) in [5.74, 6) is 2.07. The van der Waals surface area contributed by atoms with Crippen LogP contribution >= 0.6 is 0 Å². The van der Waals surface area contributed by atoms with Crippen molar-refractivity contribution in [3.8, 4) is 0 Å². The molecule has 0 spiro atoms. The van der Waals surface area contributed by atoms with Gasteiger partial charge in [-0.25, -0.2) is 0 Å². The van der Waals surface area contributed by atoms with Gasteiger partial charge in [-0.15, -0.1) is 0 Å². The Morgan fingerprint density at radius 1 is 0.889 bits per heavy atom. The van der Waals surface area contributed by atoms with Crippen LogP contribution in [0.2, 0.25) is 0 Å². The van der Waals surface area contributed by atoms with Gasteiger partial charge in [0.05, 0.1) is 0 Å². The van der Waals surface area contributed by atoms with Gasteiger partial charge in [0.1, 0.15) is 0 Å². The van der Waals surface area contributed by atoms with Gasteiger partial charge in [0.15, 0.2) is 5.78 Å². The van der Waals surface area contributed by atoms with Crippen molar-refractivity contribution >= 4 is 5.78 Å². The molecule has 27 heavy (non-hydrogen) atoms. The Hall–Kier alpha value is -1.37. The van der Waals surface area contributed by atoms with Gasteiger partial charge in [-0.05, 0) is 74.0 Å². The van der Waals surface area contributed by atoms with E-state index in [-0.39, 0.29) is 5.92 Å². The average molecular weight is 367 g/mol. The number of rotatable bonds is 8. The summed E-state index contributed by atoms with van der Waals surface area (Å²) in [5.41, 5.74) is 4.07. The molecule has 1 saturated carbocycles. The van der Waals surface area contributed by atoms with E-state index in [0.29, 0.717) is 11.7 Å². The van der Waals surface area contributed by atoms with E-state index in [9.17, 15) is 4.79 Å². The molecule has 1 unspecified atom stereocenters. The Bertz CT molecular complexity index is 616. The summed E-state index contributed by atoms with van der Waals surface area (Å²) in [6, 6.07) is 8.80. The lowest BCUT2D eigenvalue weighted by Gasteiger charge is -2.32. The average Bonchev–Trinajstić information content (AvgIpc) is 2.70. The summed E-state index contributed by atoms with van der Waals surface area (Å²) in [7, 11) is 0. The number of hydrogen-bond acceptors (Lipinski definition) is 1. The summed E-state index contributed by atoms with van der Waals surface area (Å²) in [5, 5.41) is 0. The van der Waals surface area contributed by atoms with E-state index in [1.165, 1.54) is 74.5 Å². The number of carbonyl (C=O) groups excluding carboxylic acids is 1. The first-order chi connectivity index (χ1) is 13.2. The van der Waals surface area contributed by atoms with Crippen LogP contribution in [0.25, 0.3) is 0 Å². The molecule has 0 saturated heterocycles. The number of unbranched alkanes of at least 4 members (excludes halogenated alkanes) is 2. The highest BCUT2D eigenvalue weighted by atomic mass is 16.1. The zero-order valence-electron chi connectivity index (χ0n) is 17.5. The minimum Gasteiger partial charge on any atom is -0.294 e. The summed E-state index contributed by atoms with van der Waals surface area (Å²) in [4.78, 5) is 12.8. The van der Waals surface area contributed by atoms with E-state index in [4.69, 9.17) is 0 Å². The largest absolute Gasteiger partial charge is 0.294 e. The van der Waals surface area contributed by atoms with Crippen molar-refractivity contribution < 1.29 is 4.79 Å². The Labute approximate surface area is 166 Å². The Morgan fingerprint density at radius 3 is 2.26 bits per heavy atom. The molecule has 2 aliphatic carbocycles. The molecule has 0 bridgehead atoms. The Morgan fingerprint density at radius 2 is 1.63 bits per heavy atom. The van der Waals surface area contributed by atoms with E-state index in [2.05, 4.69) is 38.1 Å². The summed E-state index contributed by atoms with van der Waals surface area (Å²) in [6.45, 7) is 4.50. The van der Waals surface area contributed by atoms with Gasteiger partial charge in [-0.3, -0.25) is 4.79 Å². The van der Waals surface area contributed by atoms with Crippen LogP contribution in [0.15, 0.2) is 35.9 Å². The molecule has 1 heteroatoms. The standard InChI is InChI=1S/C26H38O/c1-3-5-6-8-21-9-13-22(14-10-21)24-17-18-25(26(27)19-24)23-15-11-20(7-4-2)12-16-23/h11-12,15-16,19,21-22,25H,3-10,13-14,17-18H2,1-2H3. The first kappa shape index (κ1) is 20.4. The van der Waals surface area contributed by atoms with Crippen LogP contribution in [0.5, 0.6) is 0 Å². The molecule has 1 aromatic carbocycles. The van der Waals surface area contributed by atoms with Crippen molar-refractivity contribution in [3.05, 3.63) is 47.0 Å². The molecule has 0 heterocycles. The molecule has 0 aliphatic heterocycles. The SMILES string of the molecule is CCCCCC1CCC(C2=CC(=O)C(c3ccc(CCC)cc3)CC2)CC1. The molecule has 148 valence electrons. The normalized spacial score (nSPS) is 26.1. The van der Waals surface area contributed by atoms with Gasteiger partial charge in [-0.1, -0.05) is 75.8 Å². The van der Waals surface area contributed by atoms with Gasteiger partial charge in [0, 0.05) is 5.92 Å². The highest BCUT2D eigenvalue weighted by Crippen LogP contribution is 2.40. The van der Waals surface area contributed by atoms with Crippen molar-refractivity contribution in [2.24, 2.45) is 11.8 Å². The second-order valence-corrected chi connectivity index (χ2v) is 8.92. The molecule has 2 aliphatic rings. The number of allylic oxidation sites excluding steroid dienone is 2. The first-order valence-corrected chi connectivity index (χ1v) is 11.5. The maximum Gasteiger partial charge on any atom is 0.163 e. The van der Waals surface area contributed by atoms with Crippen LogP contribution in [-0.2, 0) is 11.2 Å². The van der Waals surface area contributed by atoms with Gasteiger partial charge in [0.2, 0.25) is 0 Å². The molecule has 3 rings (SSSR count). The van der Waals surface area contributed by atoms with Crippen molar-refractivity contribution in [1.29, 1.82) is 0 Å². The molecule has 1 atom stereocenters. The third kappa shape index (κ3) is 5.56. The second-order valence-electron chi connectivity index (χ2n) is 8.92. The summed E-state index contributed by atoms with van der Waals surface area (Å²) >= 11 is 0. The predicted molar refractivity (Wildman–Crippen MR) is 115 cm³/mol. The minimum absolute atomic E-state index is 0.0924. The Kier molecular flexibility index (Phi) is 7.73. The lowest BCUT2D eigenvalue weighted by atomic mass is 9.72. The minimum atomic E-state index is 0.0924. The van der Waals surface area contributed by atoms with Crippen molar-refractivity contribution in [2.75, 3.05) is 0 Å². The fourth-order valence-electron chi connectivity index (χ4n) is 5.17. The van der Waals surface area contributed by atoms with Crippen LogP contribution in [0.3, 0.4) is 0 Å². The monoisotopic (exact) mass is 366 g/mol. The lowest BCUT2D eigenvalue weighted by Crippen LogP contribution is -2.22. The highest BCUT2D eigenvalue weighted by molar-refractivity contribution is 5.97. The molecule has 0 N–H and O–H groups in total. The molecule has 1 fully saturated rings. The third-order valence-electron chi connectivity index (χ3n) is 6.90. The van der Waals surface area contributed by atoms with Crippen molar-refractivity contribution in [3.63, 3.8) is 0 Å². The van der Waals surface area contributed by atoms with Crippen LogP contribution < -0.4 is 0 Å². The Balaban J connectivity index is 1.53. The van der Waals surface area contributed by atoms with E-state index in [1.807, 2.05) is 6.08 Å². The smallest absolute Gasteiger partial charge is 0.163 e. The zero-order chi connectivity index (χ0) is 19.1. The molecule has 0 amide bonds. The second kappa shape index (κ2) is 10.2. The van der Waals surface area contributed by atoms with E-state index in [1.54, 1.807) is 0 Å². The molecule has 0 aromatic heterocycles. The van der Waals surface area contributed by atoms with Gasteiger partial charge >= 0.3 is 0 Å². The topological polar surface area (TPSA) is 17.1 Å². The summed E-state index contributed by atoms with van der Waals surface area (Å²) < 4.78 is 0. The number of benzene rings is 1. The maximum absolute atomic E-state index is 12.8. The molecule has 1 aromatic rings. The predicted octanol–water partition coefficient (Wildman–Crippen LogP) is 7.40. The molecular weight excluding hydrogens is 328 g/mol.